The molecule has 18 heavy (non-hydrogen) atoms. The molecule has 0 amide bonds. The normalized spacial score (nSPS) is 11.2. The molecule has 0 aliphatic rings. The fourth-order valence-electron chi connectivity index (χ4n) is 2.13. The van der Waals surface area contributed by atoms with Gasteiger partial charge in [-0.1, -0.05) is 0 Å². The van der Waals surface area contributed by atoms with Gasteiger partial charge in [-0.3, -0.25) is 9.67 Å². The molecule has 2 N–H and O–H groups in total. The monoisotopic (exact) mass is 242 g/mol. The molecule has 0 radical (unpaired) electrons. The highest BCUT2D eigenvalue weighted by atomic mass is 15.3. The summed E-state index contributed by atoms with van der Waals surface area (Å²) in [4.78, 5) is 8.69. The van der Waals surface area contributed by atoms with E-state index >= 15 is 0 Å². The lowest BCUT2D eigenvalue weighted by molar-refractivity contribution is 0.778. The van der Waals surface area contributed by atoms with Gasteiger partial charge in [0.2, 0.25) is 0 Å². The second-order valence-corrected chi connectivity index (χ2v) is 4.11. The van der Waals surface area contributed by atoms with Gasteiger partial charge >= 0.3 is 0 Å². The molecule has 3 aromatic heterocycles. The van der Waals surface area contributed by atoms with E-state index < -0.39 is 0 Å². The molecule has 0 atom stereocenters. The van der Waals surface area contributed by atoms with E-state index in [1.165, 1.54) is 0 Å². The highest BCUT2D eigenvalue weighted by Gasteiger charge is 2.16. The van der Waals surface area contributed by atoms with E-state index in [-0.39, 0.29) is 0 Å². The third-order valence-electron chi connectivity index (χ3n) is 3.09. The van der Waals surface area contributed by atoms with Crippen molar-refractivity contribution < 1.29 is 0 Å². The van der Waals surface area contributed by atoms with Crippen molar-refractivity contribution in [2.75, 3.05) is 5.73 Å². The molecule has 6 heteroatoms. The molecule has 92 valence electrons. The summed E-state index contributed by atoms with van der Waals surface area (Å²) in [5, 5.41) is 4.16. The van der Waals surface area contributed by atoms with Gasteiger partial charge < -0.3 is 10.3 Å². The molecule has 3 heterocycles. The van der Waals surface area contributed by atoms with Crippen molar-refractivity contribution in [3.05, 3.63) is 24.7 Å². The Balaban J connectivity index is 2.32. The predicted molar refractivity (Wildman–Crippen MR) is 69.8 cm³/mol. The number of aryl methyl sites for hydroxylation is 2. The van der Waals surface area contributed by atoms with E-state index in [2.05, 4.69) is 26.6 Å². The maximum Gasteiger partial charge on any atom is 0.146 e. The van der Waals surface area contributed by atoms with E-state index in [4.69, 9.17) is 5.73 Å². The molecule has 0 aliphatic heterocycles. The Labute approximate surface area is 104 Å². The average molecular weight is 242 g/mol. The van der Waals surface area contributed by atoms with Crippen LogP contribution in [0.2, 0.25) is 0 Å². The topological polar surface area (TPSA) is 74.5 Å². The number of nitrogen functional groups attached to an aromatic ring is 1. The Bertz CT molecular complexity index is 709. The fraction of sp³-hybridized carbons (Fsp3) is 0.250. The standard InChI is InChI=1S/C12H14N6/c1-3-18-10-4-5-14-7-9(10)16-12(18)8-6-15-17(2)11(8)13/h4-7H,3,13H2,1-2H3. The molecule has 0 saturated carbocycles. The van der Waals surface area contributed by atoms with E-state index in [0.29, 0.717) is 5.82 Å². The number of nitrogens with two attached hydrogens (primary N) is 1. The van der Waals surface area contributed by atoms with Crippen LogP contribution in [0.3, 0.4) is 0 Å². The number of anilines is 1. The lowest BCUT2D eigenvalue weighted by atomic mass is 10.3. The Morgan fingerprint density at radius 1 is 1.33 bits per heavy atom. The smallest absolute Gasteiger partial charge is 0.146 e. The summed E-state index contributed by atoms with van der Waals surface area (Å²) >= 11 is 0. The van der Waals surface area contributed by atoms with Crippen LogP contribution in [0.4, 0.5) is 5.82 Å². The lowest BCUT2D eigenvalue weighted by Crippen LogP contribution is -2.01. The lowest BCUT2D eigenvalue weighted by Gasteiger charge is -2.05. The summed E-state index contributed by atoms with van der Waals surface area (Å²) < 4.78 is 3.76. The van der Waals surface area contributed by atoms with Crippen molar-refractivity contribution >= 4 is 16.9 Å². The summed E-state index contributed by atoms with van der Waals surface area (Å²) in [5.74, 6) is 1.46. The van der Waals surface area contributed by atoms with Crippen LogP contribution in [0.1, 0.15) is 6.92 Å². The third-order valence-corrected chi connectivity index (χ3v) is 3.09. The van der Waals surface area contributed by atoms with Crippen molar-refractivity contribution in [2.24, 2.45) is 7.05 Å². The van der Waals surface area contributed by atoms with E-state index in [1.807, 2.05) is 13.1 Å². The van der Waals surface area contributed by atoms with E-state index in [9.17, 15) is 0 Å². The van der Waals surface area contributed by atoms with Crippen molar-refractivity contribution in [2.45, 2.75) is 13.5 Å². The van der Waals surface area contributed by atoms with Gasteiger partial charge in [-0.15, -0.1) is 0 Å². The summed E-state index contributed by atoms with van der Waals surface area (Å²) in [6.45, 7) is 2.90. The van der Waals surface area contributed by atoms with Gasteiger partial charge in [0.05, 0.1) is 23.5 Å². The quantitative estimate of drug-likeness (QED) is 0.737. The van der Waals surface area contributed by atoms with Crippen molar-refractivity contribution in [3.8, 4) is 11.4 Å². The van der Waals surface area contributed by atoms with E-state index in [1.54, 1.807) is 23.3 Å². The number of pyridine rings is 1. The number of fused-ring (bicyclic) bond motifs is 1. The molecule has 6 nitrogen and oxygen atoms in total. The summed E-state index contributed by atoms with van der Waals surface area (Å²) in [6.07, 6.45) is 5.28. The molecule has 3 aromatic rings. The van der Waals surface area contributed by atoms with Crippen molar-refractivity contribution in [1.29, 1.82) is 0 Å². The highest BCUT2D eigenvalue weighted by Crippen LogP contribution is 2.27. The van der Waals surface area contributed by atoms with Crippen LogP contribution in [0.5, 0.6) is 0 Å². The number of imidazole rings is 1. The molecule has 0 spiro atoms. The van der Waals surface area contributed by atoms with Crippen LogP contribution < -0.4 is 5.73 Å². The molecule has 0 saturated heterocycles. The van der Waals surface area contributed by atoms with Crippen molar-refractivity contribution in [3.63, 3.8) is 0 Å². The fourth-order valence-corrected chi connectivity index (χ4v) is 2.13. The zero-order valence-corrected chi connectivity index (χ0v) is 10.3. The minimum atomic E-state index is 0.618. The predicted octanol–water partition coefficient (Wildman–Crippen LogP) is 1.43. The first-order chi connectivity index (χ1) is 8.72. The van der Waals surface area contributed by atoms with Crippen LogP contribution in [-0.4, -0.2) is 24.3 Å². The average Bonchev–Trinajstić information content (AvgIpc) is 2.91. The summed E-state index contributed by atoms with van der Waals surface area (Å²) in [6, 6.07) is 1.96. The maximum absolute atomic E-state index is 6.01. The Morgan fingerprint density at radius 2 is 2.17 bits per heavy atom. The minimum absolute atomic E-state index is 0.618. The minimum Gasteiger partial charge on any atom is -0.383 e. The Kier molecular flexibility index (Phi) is 2.29. The molecular formula is C12H14N6. The Hall–Kier alpha value is -2.37. The molecule has 0 fully saturated rings. The number of aromatic nitrogens is 5. The van der Waals surface area contributed by atoms with Crippen LogP contribution in [0, 0.1) is 0 Å². The van der Waals surface area contributed by atoms with Crippen molar-refractivity contribution in [1.82, 2.24) is 24.3 Å². The maximum atomic E-state index is 6.01. The molecular weight excluding hydrogens is 228 g/mol. The second kappa shape index (κ2) is 3.83. The Morgan fingerprint density at radius 3 is 2.83 bits per heavy atom. The second-order valence-electron chi connectivity index (χ2n) is 4.11. The first kappa shape index (κ1) is 10.8. The molecule has 0 bridgehead atoms. The molecule has 0 unspecified atom stereocenters. The first-order valence-electron chi connectivity index (χ1n) is 5.80. The molecule has 3 rings (SSSR count). The van der Waals surface area contributed by atoms with E-state index in [0.717, 1.165) is 29.0 Å². The molecule has 0 aromatic carbocycles. The van der Waals surface area contributed by atoms with Crippen LogP contribution >= 0.6 is 0 Å². The van der Waals surface area contributed by atoms with Crippen LogP contribution in [0.25, 0.3) is 22.4 Å². The third kappa shape index (κ3) is 1.38. The SMILES string of the molecule is CCn1c(-c2cnn(C)c2N)nc2cnccc21. The van der Waals surface area contributed by atoms with Gasteiger partial charge in [-0.2, -0.15) is 5.10 Å². The number of hydrogen-bond donors (Lipinski definition) is 1. The summed E-state index contributed by atoms with van der Waals surface area (Å²) in [5.41, 5.74) is 8.80. The molecule has 0 aliphatic carbocycles. The summed E-state index contributed by atoms with van der Waals surface area (Å²) in [7, 11) is 1.82. The van der Waals surface area contributed by atoms with Gasteiger partial charge in [-0.05, 0) is 13.0 Å². The van der Waals surface area contributed by atoms with Gasteiger partial charge in [0.15, 0.2) is 0 Å². The van der Waals surface area contributed by atoms with Gasteiger partial charge in [-0.25, -0.2) is 4.98 Å². The zero-order chi connectivity index (χ0) is 12.7. The number of hydrogen-bond acceptors (Lipinski definition) is 4. The van der Waals surface area contributed by atoms with Gasteiger partial charge in [0, 0.05) is 19.8 Å². The number of rotatable bonds is 2. The van der Waals surface area contributed by atoms with Crippen LogP contribution in [-0.2, 0) is 13.6 Å². The van der Waals surface area contributed by atoms with Gasteiger partial charge in [0.25, 0.3) is 0 Å². The highest BCUT2D eigenvalue weighted by molar-refractivity contribution is 5.82. The van der Waals surface area contributed by atoms with Crippen LogP contribution in [0.15, 0.2) is 24.7 Å². The van der Waals surface area contributed by atoms with Gasteiger partial charge in [0.1, 0.15) is 17.2 Å². The number of nitrogens with zero attached hydrogens (tertiary/aromatic N) is 5. The first-order valence-corrected chi connectivity index (χ1v) is 5.80. The zero-order valence-electron chi connectivity index (χ0n) is 10.3. The largest absolute Gasteiger partial charge is 0.383 e.